The highest BCUT2D eigenvalue weighted by Crippen LogP contribution is 2.29. The van der Waals surface area contributed by atoms with Crippen molar-refractivity contribution < 1.29 is 0 Å². The van der Waals surface area contributed by atoms with Gasteiger partial charge in [0.15, 0.2) is 0 Å². The van der Waals surface area contributed by atoms with Gasteiger partial charge in [0.2, 0.25) is 0 Å². The summed E-state index contributed by atoms with van der Waals surface area (Å²) in [5, 5.41) is 0. The minimum Gasteiger partial charge on any atom is -0.143 e. The predicted octanol–water partition coefficient (Wildman–Crippen LogP) is 6.87. The SMILES string of the molecule is Cc1cc(C#Cc2ccc(S)cc2)ccc1C#Cc1ccc(C#CC2CCC(C)C2)cc1. The second-order valence-corrected chi connectivity index (χ2v) is 9.05. The van der Waals surface area contributed by atoms with E-state index in [2.05, 4.69) is 92.3 Å². The van der Waals surface area contributed by atoms with Crippen molar-refractivity contribution in [2.75, 3.05) is 0 Å². The first-order chi connectivity index (χ1) is 15.5. The van der Waals surface area contributed by atoms with E-state index in [9.17, 15) is 0 Å². The van der Waals surface area contributed by atoms with E-state index < -0.39 is 0 Å². The van der Waals surface area contributed by atoms with E-state index in [0.29, 0.717) is 5.92 Å². The molecule has 3 aromatic rings. The lowest BCUT2D eigenvalue weighted by atomic mass is 10.0. The van der Waals surface area contributed by atoms with Gasteiger partial charge < -0.3 is 0 Å². The Bertz CT molecular complexity index is 1280. The van der Waals surface area contributed by atoms with Gasteiger partial charge in [-0.25, -0.2) is 0 Å². The van der Waals surface area contributed by atoms with E-state index in [1.807, 2.05) is 36.4 Å². The first kappa shape index (κ1) is 21.9. The summed E-state index contributed by atoms with van der Waals surface area (Å²) in [5.74, 6) is 21.2. The number of aryl methyl sites for hydroxylation is 1. The minimum absolute atomic E-state index is 0.564. The zero-order chi connectivity index (χ0) is 22.3. The van der Waals surface area contributed by atoms with Gasteiger partial charge in [-0.3, -0.25) is 0 Å². The molecule has 2 unspecified atom stereocenters. The molecule has 0 saturated heterocycles. The molecule has 0 aromatic heterocycles. The molecule has 0 heterocycles. The molecule has 1 aliphatic carbocycles. The lowest BCUT2D eigenvalue weighted by Crippen LogP contribution is -1.89. The number of rotatable bonds is 0. The number of benzene rings is 3. The molecule has 1 saturated carbocycles. The third-order valence-electron chi connectivity index (χ3n) is 5.79. The average molecular weight is 431 g/mol. The highest BCUT2D eigenvalue weighted by Gasteiger charge is 2.18. The predicted molar refractivity (Wildman–Crippen MR) is 137 cm³/mol. The van der Waals surface area contributed by atoms with Gasteiger partial charge in [0.25, 0.3) is 0 Å². The Morgan fingerprint density at radius 2 is 1.25 bits per heavy atom. The summed E-state index contributed by atoms with van der Waals surface area (Å²) in [6.07, 6.45) is 3.79. The Kier molecular flexibility index (Phi) is 7.07. The molecule has 0 nitrogen and oxygen atoms in total. The summed E-state index contributed by atoms with van der Waals surface area (Å²) in [6.45, 7) is 4.40. The topological polar surface area (TPSA) is 0 Å². The molecule has 1 fully saturated rings. The van der Waals surface area contributed by atoms with Crippen LogP contribution in [0.2, 0.25) is 0 Å². The highest BCUT2D eigenvalue weighted by molar-refractivity contribution is 7.80. The van der Waals surface area contributed by atoms with Crippen molar-refractivity contribution in [1.29, 1.82) is 0 Å². The van der Waals surface area contributed by atoms with Gasteiger partial charge in [-0.2, -0.15) is 0 Å². The fraction of sp³-hybridized carbons (Fsp3) is 0.226. The molecule has 1 heteroatoms. The molecule has 4 rings (SSSR count). The molecule has 32 heavy (non-hydrogen) atoms. The largest absolute Gasteiger partial charge is 0.143 e. The molecule has 0 radical (unpaired) electrons. The molecule has 3 aromatic carbocycles. The minimum atomic E-state index is 0.564. The molecule has 156 valence electrons. The maximum Gasteiger partial charge on any atom is 0.0279 e. The molecular weight excluding hydrogens is 404 g/mol. The molecule has 0 amide bonds. The van der Waals surface area contributed by atoms with Crippen LogP contribution in [-0.4, -0.2) is 0 Å². The second-order valence-electron chi connectivity index (χ2n) is 8.54. The zero-order valence-electron chi connectivity index (χ0n) is 18.6. The van der Waals surface area contributed by atoms with Gasteiger partial charge in [-0.1, -0.05) is 42.4 Å². The molecule has 1 aliphatic rings. The fourth-order valence-electron chi connectivity index (χ4n) is 3.87. The van der Waals surface area contributed by atoms with Crippen LogP contribution in [0.5, 0.6) is 0 Å². The van der Waals surface area contributed by atoms with Gasteiger partial charge >= 0.3 is 0 Å². The van der Waals surface area contributed by atoms with E-state index in [0.717, 1.165) is 44.2 Å². The number of hydrogen-bond donors (Lipinski definition) is 1. The van der Waals surface area contributed by atoms with Gasteiger partial charge in [0, 0.05) is 38.6 Å². The third-order valence-corrected chi connectivity index (χ3v) is 6.08. The second kappa shape index (κ2) is 10.3. The fourth-order valence-corrected chi connectivity index (χ4v) is 4.02. The Balaban J connectivity index is 1.42. The summed E-state index contributed by atoms with van der Waals surface area (Å²) < 4.78 is 0. The molecule has 0 N–H and O–H groups in total. The quantitative estimate of drug-likeness (QED) is 0.292. The zero-order valence-corrected chi connectivity index (χ0v) is 19.5. The standard InChI is InChI=1S/C31H26S/c1-23-3-4-28(21-23)11-9-25-5-7-26(8-6-25)13-17-30-18-14-29(22-24(30)2)12-10-27-15-19-31(32)20-16-27/h5-8,14-16,18-20,22-23,28,32H,3-4,21H2,1-2H3. The first-order valence-electron chi connectivity index (χ1n) is 11.1. The van der Waals surface area contributed by atoms with E-state index >= 15 is 0 Å². The van der Waals surface area contributed by atoms with Crippen molar-refractivity contribution in [3.63, 3.8) is 0 Å². The van der Waals surface area contributed by atoms with E-state index in [-0.39, 0.29) is 0 Å². The van der Waals surface area contributed by atoms with E-state index in [4.69, 9.17) is 0 Å². The lowest BCUT2D eigenvalue weighted by Gasteiger charge is -1.99. The number of thiol groups is 1. The summed E-state index contributed by atoms with van der Waals surface area (Å²) in [4.78, 5) is 0.940. The Hall–Kier alpha value is -3.31. The Labute approximate surface area is 197 Å². The molecule has 2 atom stereocenters. The van der Waals surface area contributed by atoms with Crippen LogP contribution in [0, 0.1) is 54.3 Å². The van der Waals surface area contributed by atoms with Crippen LogP contribution in [-0.2, 0) is 0 Å². The first-order valence-corrected chi connectivity index (χ1v) is 11.6. The maximum absolute atomic E-state index is 4.31. The lowest BCUT2D eigenvalue weighted by molar-refractivity contribution is 0.592. The van der Waals surface area contributed by atoms with Crippen molar-refractivity contribution >= 4 is 12.6 Å². The summed E-state index contributed by atoms with van der Waals surface area (Å²) in [7, 11) is 0. The average Bonchev–Trinajstić information content (AvgIpc) is 3.22. The van der Waals surface area contributed by atoms with Crippen LogP contribution >= 0.6 is 12.6 Å². The van der Waals surface area contributed by atoms with Gasteiger partial charge in [0.1, 0.15) is 0 Å². The molecular formula is C31H26S. The van der Waals surface area contributed by atoms with Crippen molar-refractivity contribution in [3.8, 4) is 35.5 Å². The van der Waals surface area contributed by atoms with Crippen molar-refractivity contribution in [2.45, 2.75) is 38.0 Å². The highest BCUT2D eigenvalue weighted by atomic mass is 32.1. The van der Waals surface area contributed by atoms with Crippen molar-refractivity contribution in [1.82, 2.24) is 0 Å². The normalized spacial score (nSPS) is 16.7. The van der Waals surface area contributed by atoms with Crippen LogP contribution in [0.15, 0.2) is 71.6 Å². The van der Waals surface area contributed by atoms with Crippen LogP contribution < -0.4 is 0 Å². The molecule has 0 spiro atoms. The van der Waals surface area contributed by atoms with E-state index in [1.54, 1.807) is 0 Å². The van der Waals surface area contributed by atoms with Gasteiger partial charge in [-0.05, 0) is 104 Å². The van der Waals surface area contributed by atoms with Crippen LogP contribution in [0.1, 0.15) is 59.6 Å². The number of hydrogen-bond acceptors (Lipinski definition) is 1. The Morgan fingerprint density at radius 3 is 1.88 bits per heavy atom. The third kappa shape index (κ3) is 6.11. The monoisotopic (exact) mass is 430 g/mol. The molecule has 0 aliphatic heterocycles. The van der Waals surface area contributed by atoms with Gasteiger partial charge in [-0.15, -0.1) is 12.6 Å². The summed E-state index contributed by atoms with van der Waals surface area (Å²) >= 11 is 4.31. The van der Waals surface area contributed by atoms with Crippen molar-refractivity contribution in [2.24, 2.45) is 11.8 Å². The Morgan fingerprint density at radius 1 is 0.688 bits per heavy atom. The molecule has 0 bridgehead atoms. The van der Waals surface area contributed by atoms with Crippen LogP contribution in [0.25, 0.3) is 0 Å². The van der Waals surface area contributed by atoms with Crippen molar-refractivity contribution in [3.05, 3.63) is 100 Å². The van der Waals surface area contributed by atoms with Gasteiger partial charge in [0.05, 0.1) is 0 Å². The summed E-state index contributed by atoms with van der Waals surface area (Å²) in [6, 6.07) is 22.3. The smallest absolute Gasteiger partial charge is 0.0279 e. The summed E-state index contributed by atoms with van der Waals surface area (Å²) in [5.41, 5.74) is 6.19. The maximum atomic E-state index is 4.31. The van der Waals surface area contributed by atoms with Crippen LogP contribution in [0.4, 0.5) is 0 Å². The van der Waals surface area contributed by atoms with E-state index in [1.165, 1.54) is 19.3 Å². The van der Waals surface area contributed by atoms with Crippen LogP contribution in [0.3, 0.4) is 0 Å².